The number of hydrogen-bond acceptors (Lipinski definition) is 9. The van der Waals surface area contributed by atoms with E-state index in [-0.39, 0.29) is 0 Å². The summed E-state index contributed by atoms with van der Waals surface area (Å²) in [4.78, 5) is 18.0. The molecule has 0 saturated heterocycles. The molecule has 1 aliphatic carbocycles. The van der Waals surface area contributed by atoms with Crippen LogP contribution >= 0.6 is 0 Å². The zero-order valence-corrected chi connectivity index (χ0v) is 19.6. The summed E-state index contributed by atoms with van der Waals surface area (Å²) in [6.07, 6.45) is -1.42. The molecule has 2 heterocycles. The lowest BCUT2D eigenvalue weighted by Gasteiger charge is -2.12. The van der Waals surface area contributed by atoms with Crippen LogP contribution in [-0.2, 0) is 11.2 Å². The van der Waals surface area contributed by atoms with Crippen LogP contribution in [0.25, 0.3) is 0 Å². The molecule has 0 amide bonds. The van der Waals surface area contributed by atoms with Gasteiger partial charge in [-0.15, -0.1) is 0 Å². The van der Waals surface area contributed by atoms with E-state index in [0.29, 0.717) is 36.5 Å². The fraction of sp³-hybridized carbons (Fsp3) is 0.348. The van der Waals surface area contributed by atoms with Crippen LogP contribution in [-0.4, -0.2) is 50.5 Å². The molecule has 0 unspecified atom stereocenters. The number of nitrogens with two attached hydrogens (primary N) is 1. The Labute approximate surface area is 210 Å². The third-order valence-electron chi connectivity index (χ3n) is 5.02. The van der Waals surface area contributed by atoms with Gasteiger partial charge in [-0.05, 0) is 43.5 Å². The lowest BCUT2D eigenvalue weighted by atomic mass is 10.1. The number of nitrogens with zero attached hydrogens (tertiary/aromatic N) is 4. The predicted octanol–water partition coefficient (Wildman–Crippen LogP) is 4.02. The molecule has 4 rings (SSSR count). The lowest BCUT2D eigenvalue weighted by molar-refractivity contribution is -0.192. The Morgan fingerprint density at radius 3 is 2.41 bits per heavy atom. The molecule has 0 atom stereocenters. The molecule has 2 aromatic heterocycles. The molecule has 11 nitrogen and oxygen atoms in total. The maximum absolute atomic E-state index is 10.6. The number of carboxylic acid groups (broad SMARTS) is 1. The first-order chi connectivity index (χ1) is 17.7. The fourth-order valence-corrected chi connectivity index (χ4v) is 3.04. The molecule has 3 aromatic rings. The van der Waals surface area contributed by atoms with Gasteiger partial charge in [0.15, 0.2) is 5.82 Å². The number of H-pyrrole nitrogens is 1. The Balaban J connectivity index is 0.000000479. The number of alkyl halides is 3. The third-order valence-corrected chi connectivity index (χ3v) is 5.02. The van der Waals surface area contributed by atoms with Crippen molar-refractivity contribution in [3.05, 3.63) is 47.7 Å². The highest BCUT2D eigenvalue weighted by Crippen LogP contribution is 2.39. The number of anilines is 5. The number of halogens is 3. The molecule has 37 heavy (non-hydrogen) atoms. The van der Waals surface area contributed by atoms with Crippen molar-refractivity contribution in [3.63, 3.8) is 0 Å². The Hall–Kier alpha value is -4.38. The zero-order chi connectivity index (χ0) is 26.8. The highest BCUT2D eigenvalue weighted by atomic mass is 19.4. The molecule has 196 valence electrons. The van der Waals surface area contributed by atoms with E-state index in [1.54, 1.807) is 0 Å². The van der Waals surface area contributed by atoms with Gasteiger partial charge in [0.2, 0.25) is 5.95 Å². The third kappa shape index (κ3) is 8.97. The number of hydrogen-bond donors (Lipinski definition) is 6. The van der Waals surface area contributed by atoms with E-state index in [2.05, 4.69) is 42.2 Å². The topological polar surface area (TPSA) is 178 Å². The molecule has 1 aliphatic rings. The summed E-state index contributed by atoms with van der Waals surface area (Å²) in [6.45, 7) is 1.34. The van der Waals surface area contributed by atoms with E-state index in [4.69, 9.17) is 20.9 Å². The van der Waals surface area contributed by atoms with E-state index in [1.807, 2.05) is 36.4 Å². The molecular formula is C23H26F3N9O2. The Kier molecular flexibility index (Phi) is 9.22. The molecule has 0 spiro atoms. The maximum atomic E-state index is 10.6. The first-order valence-electron chi connectivity index (χ1n) is 11.4. The van der Waals surface area contributed by atoms with Gasteiger partial charge in [-0.2, -0.15) is 33.5 Å². The van der Waals surface area contributed by atoms with Crippen molar-refractivity contribution in [2.45, 2.75) is 37.8 Å². The average Bonchev–Trinajstić information content (AvgIpc) is 3.59. The minimum atomic E-state index is -5.08. The molecular weight excluding hydrogens is 491 g/mol. The van der Waals surface area contributed by atoms with Crippen molar-refractivity contribution in [2.75, 3.05) is 29.0 Å². The molecule has 0 aliphatic heterocycles. The van der Waals surface area contributed by atoms with Crippen LogP contribution < -0.4 is 21.7 Å². The predicted molar refractivity (Wildman–Crippen MR) is 131 cm³/mol. The van der Waals surface area contributed by atoms with E-state index in [1.165, 1.54) is 12.8 Å². The second-order valence-electron chi connectivity index (χ2n) is 8.10. The summed E-state index contributed by atoms with van der Waals surface area (Å²) in [5.41, 5.74) is 8.56. The number of rotatable bonds is 10. The average molecular weight is 518 g/mol. The summed E-state index contributed by atoms with van der Waals surface area (Å²) < 4.78 is 31.7. The van der Waals surface area contributed by atoms with Crippen molar-refractivity contribution in [2.24, 2.45) is 5.73 Å². The van der Waals surface area contributed by atoms with Gasteiger partial charge in [0, 0.05) is 36.0 Å². The number of aromatic nitrogens is 4. The second kappa shape index (κ2) is 12.5. The Morgan fingerprint density at radius 1 is 1.14 bits per heavy atom. The molecule has 1 fully saturated rings. The van der Waals surface area contributed by atoms with Crippen LogP contribution in [0.5, 0.6) is 0 Å². The minimum Gasteiger partial charge on any atom is -0.475 e. The molecule has 0 bridgehead atoms. The number of nitriles is 1. The van der Waals surface area contributed by atoms with Gasteiger partial charge in [-0.25, -0.2) is 4.79 Å². The summed E-state index contributed by atoms with van der Waals surface area (Å²) in [7, 11) is 0. The van der Waals surface area contributed by atoms with Crippen LogP contribution in [0.15, 0.2) is 36.4 Å². The highest BCUT2D eigenvalue weighted by Gasteiger charge is 2.38. The van der Waals surface area contributed by atoms with E-state index in [9.17, 15) is 13.2 Å². The Morgan fingerprint density at radius 2 is 1.81 bits per heavy atom. The zero-order valence-electron chi connectivity index (χ0n) is 19.6. The van der Waals surface area contributed by atoms with E-state index >= 15 is 0 Å². The molecule has 7 N–H and O–H groups in total. The van der Waals surface area contributed by atoms with Crippen LogP contribution in [0.2, 0.25) is 0 Å². The minimum absolute atomic E-state index is 0.387. The van der Waals surface area contributed by atoms with Crippen molar-refractivity contribution in [1.82, 2.24) is 20.2 Å². The normalized spacial score (nSPS) is 12.6. The molecule has 1 aromatic carbocycles. The molecule has 0 radical (unpaired) electrons. The number of aromatic amines is 1. The standard InChI is InChI=1S/C21H25N9.C2HF3O2/c22-9-1-11-24-18-13-19(26-20-12-17(29-30-20)15-4-5-15)28-21(27-18)25-16-6-2-14(3-7-16)8-10-23;3-2(4,5)1(6)7/h2-3,6-7,12-13,15H,1,4-5,8-9,11,22H2,(H4,24,25,26,27,28,29,30);(H,6,7). The van der Waals surface area contributed by atoms with Gasteiger partial charge < -0.3 is 26.8 Å². The van der Waals surface area contributed by atoms with Crippen molar-refractivity contribution in [1.29, 1.82) is 5.26 Å². The van der Waals surface area contributed by atoms with Crippen LogP contribution in [0.3, 0.4) is 0 Å². The summed E-state index contributed by atoms with van der Waals surface area (Å²) in [5, 5.41) is 33.1. The largest absolute Gasteiger partial charge is 0.490 e. The number of carboxylic acids is 1. The fourth-order valence-electron chi connectivity index (χ4n) is 3.04. The van der Waals surface area contributed by atoms with E-state index in [0.717, 1.165) is 35.7 Å². The molecule has 1 saturated carbocycles. The number of nitrogens with one attached hydrogen (secondary N) is 4. The Bertz CT molecular complexity index is 1220. The quantitative estimate of drug-likeness (QED) is 0.215. The van der Waals surface area contributed by atoms with Gasteiger partial charge in [0.1, 0.15) is 11.6 Å². The van der Waals surface area contributed by atoms with Gasteiger partial charge in [0.25, 0.3) is 0 Å². The SMILES string of the molecule is N#CCc1ccc(Nc2nc(NCCCN)cc(Nc3cc(C4CC4)[nH]n3)n2)cc1.O=C(O)C(F)(F)F. The van der Waals surface area contributed by atoms with Gasteiger partial charge in [-0.1, -0.05) is 12.1 Å². The van der Waals surface area contributed by atoms with Gasteiger partial charge in [0.05, 0.1) is 12.5 Å². The highest BCUT2D eigenvalue weighted by molar-refractivity contribution is 5.73. The smallest absolute Gasteiger partial charge is 0.475 e. The van der Waals surface area contributed by atoms with Crippen LogP contribution in [0.4, 0.5) is 42.3 Å². The monoisotopic (exact) mass is 517 g/mol. The van der Waals surface area contributed by atoms with Gasteiger partial charge in [-0.3, -0.25) is 5.10 Å². The second-order valence-corrected chi connectivity index (χ2v) is 8.10. The number of benzene rings is 1. The van der Waals surface area contributed by atoms with Gasteiger partial charge >= 0.3 is 12.1 Å². The molecule has 14 heteroatoms. The summed E-state index contributed by atoms with van der Waals surface area (Å²) >= 11 is 0. The van der Waals surface area contributed by atoms with Crippen LogP contribution in [0.1, 0.15) is 36.4 Å². The maximum Gasteiger partial charge on any atom is 0.490 e. The van der Waals surface area contributed by atoms with E-state index < -0.39 is 12.1 Å². The number of aliphatic carboxylic acids is 1. The summed E-state index contributed by atoms with van der Waals surface area (Å²) in [6, 6.07) is 13.7. The summed E-state index contributed by atoms with van der Waals surface area (Å²) in [5.74, 6) is 0.373. The number of carbonyl (C=O) groups is 1. The van der Waals surface area contributed by atoms with Crippen molar-refractivity contribution >= 4 is 35.1 Å². The van der Waals surface area contributed by atoms with Crippen LogP contribution in [0, 0.1) is 11.3 Å². The van der Waals surface area contributed by atoms with Crippen molar-refractivity contribution < 1.29 is 23.1 Å². The first kappa shape index (κ1) is 27.2. The lowest BCUT2D eigenvalue weighted by Crippen LogP contribution is -2.21. The van der Waals surface area contributed by atoms with Crippen molar-refractivity contribution in [3.8, 4) is 6.07 Å². The first-order valence-corrected chi connectivity index (χ1v) is 11.4.